The predicted molar refractivity (Wildman–Crippen MR) is 63.8 cm³/mol. The molecule has 2 rings (SSSR count). The fourth-order valence-electron chi connectivity index (χ4n) is 2.35. The lowest BCUT2D eigenvalue weighted by Crippen LogP contribution is -2.43. The predicted octanol–water partition coefficient (Wildman–Crippen LogP) is 1.83. The molecule has 1 fully saturated rings. The van der Waals surface area contributed by atoms with Crippen LogP contribution in [-0.4, -0.2) is 33.7 Å². The van der Waals surface area contributed by atoms with E-state index in [1.807, 2.05) is 11.0 Å². The molecule has 0 spiro atoms. The average molecular weight is 235 g/mol. The molecule has 17 heavy (non-hydrogen) atoms. The van der Waals surface area contributed by atoms with E-state index in [4.69, 9.17) is 5.11 Å². The number of hydrogen-bond acceptors (Lipinski definition) is 3. The van der Waals surface area contributed by atoms with Gasteiger partial charge in [0.15, 0.2) is 0 Å². The fraction of sp³-hybridized carbons (Fsp3) is 0.462. The second kappa shape index (κ2) is 5.19. The molecule has 1 saturated heterocycles. The van der Waals surface area contributed by atoms with E-state index in [2.05, 4.69) is 0 Å². The molecule has 4 heteroatoms. The molecule has 1 aliphatic rings. The highest BCUT2D eigenvalue weighted by atomic mass is 16.4. The molecule has 1 aromatic rings. The van der Waals surface area contributed by atoms with E-state index >= 15 is 0 Å². The first-order valence-electron chi connectivity index (χ1n) is 5.91. The van der Waals surface area contributed by atoms with Crippen molar-refractivity contribution < 1.29 is 15.0 Å². The molecule has 0 bridgehead atoms. The van der Waals surface area contributed by atoms with Gasteiger partial charge < -0.3 is 10.2 Å². The van der Waals surface area contributed by atoms with E-state index in [9.17, 15) is 9.90 Å². The Bertz CT molecular complexity index is 405. The lowest BCUT2D eigenvalue weighted by molar-refractivity contribution is -0.144. The molecule has 1 aromatic carbocycles. The van der Waals surface area contributed by atoms with Gasteiger partial charge in [0.25, 0.3) is 0 Å². The first kappa shape index (κ1) is 11.9. The van der Waals surface area contributed by atoms with E-state index in [-0.39, 0.29) is 11.8 Å². The molecule has 1 atom stereocenters. The Morgan fingerprint density at radius 3 is 2.94 bits per heavy atom. The van der Waals surface area contributed by atoms with Crippen molar-refractivity contribution in [2.24, 2.45) is 0 Å². The van der Waals surface area contributed by atoms with Gasteiger partial charge in [-0.2, -0.15) is 0 Å². The van der Waals surface area contributed by atoms with Crippen LogP contribution in [0.4, 0.5) is 0 Å². The largest absolute Gasteiger partial charge is 0.508 e. The van der Waals surface area contributed by atoms with Crippen LogP contribution in [0, 0.1) is 0 Å². The first-order chi connectivity index (χ1) is 8.16. The number of rotatable bonds is 3. The van der Waals surface area contributed by atoms with Crippen LogP contribution in [0.3, 0.4) is 0 Å². The van der Waals surface area contributed by atoms with Crippen molar-refractivity contribution in [1.82, 2.24) is 4.90 Å². The van der Waals surface area contributed by atoms with Gasteiger partial charge in [-0.05, 0) is 37.1 Å². The van der Waals surface area contributed by atoms with Crippen LogP contribution in [0.1, 0.15) is 24.8 Å². The van der Waals surface area contributed by atoms with Crippen molar-refractivity contribution in [3.63, 3.8) is 0 Å². The average Bonchev–Trinajstić information content (AvgIpc) is 2.29. The number of hydrogen-bond donors (Lipinski definition) is 2. The lowest BCUT2D eigenvalue weighted by Gasteiger charge is -2.32. The highest BCUT2D eigenvalue weighted by Gasteiger charge is 2.28. The zero-order chi connectivity index (χ0) is 12.3. The minimum absolute atomic E-state index is 0.228. The summed E-state index contributed by atoms with van der Waals surface area (Å²) >= 11 is 0. The zero-order valence-corrected chi connectivity index (χ0v) is 9.67. The number of nitrogens with zero attached hydrogens (tertiary/aromatic N) is 1. The van der Waals surface area contributed by atoms with Gasteiger partial charge in [-0.15, -0.1) is 0 Å². The normalized spacial score (nSPS) is 21.3. The molecule has 0 radical (unpaired) electrons. The summed E-state index contributed by atoms with van der Waals surface area (Å²) in [6.07, 6.45) is 2.74. The van der Waals surface area contributed by atoms with E-state index in [0.717, 1.165) is 24.9 Å². The molecule has 0 aliphatic carbocycles. The minimum atomic E-state index is -0.746. The maximum absolute atomic E-state index is 11.1. The topological polar surface area (TPSA) is 60.8 Å². The Kier molecular flexibility index (Phi) is 3.64. The van der Waals surface area contributed by atoms with E-state index < -0.39 is 5.97 Å². The van der Waals surface area contributed by atoms with Crippen LogP contribution in [0.2, 0.25) is 0 Å². The van der Waals surface area contributed by atoms with Gasteiger partial charge in [-0.1, -0.05) is 18.6 Å². The number of benzene rings is 1. The monoisotopic (exact) mass is 235 g/mol. The maximum atomic E-state index is 11.1. The summed E-state index contributed by atoms with van der Waals surface area (Å²) in [4.78, 5) is 13.1. The number of piperidine rings is 1. The van der Waals surface area contributed by atoms with Crippen molar-refractivity contribution in [2.45, 2.75) is 31.8 Å². The SMILES string of the molecule is O=C(O)C1CCCCN1Cc1cccc(O)c1. The molecule has 0 saturated carbocycles. The summed E-state index contributed by atoms with van der Waals surface area (Å²) in [7, 11) is 0. The third kappa shape index (κ3) is 2.97. The minimum Gasteiger partial charge on any atom is -0.508 e. The maximum Gasteiger partial charge on any atom is 0.320 e. The summed E-state index contributed by atoms with van der Waals surface area (Å²) in [6.45, 7) is 1.40. The summed E-state index contributed by atoms with van der Waals surface area (Å²) in [6, 6.07) is 6.62. The Labute approximate surface area is 100 Å². The van der Waals surface area contributed by atoms with Crippen molar-refractivity contribution in [3.8, 4) is 5.75 Å². The number of likely N-dealkylation sites (tertiary alicyclic amines) is 1. The number of carboxylic acids is 1. The summed E-state index contributed by atoms with van der Waals surface area (Å²) in [5.74, 6) is -0.517. The van der Waals surface area contributed by atoms with Crippen LogP contribution in [0.15, 0.2) is 24.3 Å². The number of aromatic hydroxyl groups is 1. The number of carboxylic acid groups (broad SMARTS) is 1. The zero-order valence-electron chi connectivity index (χ0n) is 9.67. The third-order valence-electron chi connectivity index (χ3n) is 3.19. The van der Waals surface area contributed by atoms with Gasteiger partial charge >= 0.3 is 5.97 Å². The molecular formula is C13H17NO3. The van der Waals surface area contributed by atoms with Crippen molar-refractivity contribution >= 4 is 5.97 Å². The molecule has 4 nitrogen and oxygen atoms in total. The van der Waals surface area contributed by atoms with Crippen LogP contribution >= 0.6 is 0 Å². The Morgan fingerprint density at radius 2 is 2.24 bits per heavy atom. The van der Waals surface area contributed by atoms with Gasteiger partial charge in [0.2, 0.25) is 0 Å². The van der Waals surface area contributed by atoms with Gasteiger partial charge in [-0.3, -0.25) is 9.69 Å². The van der Waals surface area contributed by atoms with Gasteiger partial charge in [0, 0.05) is 6.54 Å². The number of carbonyl (C=O) groups is 1. The summed E-state index contributed by atoms with van der Waals surface area (Å²) < 4.78 is 0. The highest BCUT2D eigenvalue weighted by Crippen LogP contribution is 2.21. The third-order valence-corrected chi connectivity index (χ3v) is 3.19. The van der Waals surface area contributed by atoms with E-state index in [0.29, 0.717) is 13.0 Å². The standard InChI is InChI=1S/C13H17NO3/c15-11-5-3-4-10(8-11)9-14-7-2-1-6-12(14)13(16)17/h3-5,8,12,15H,1-2,6-7,9H2,(H,16,17). The molecule has 0 amide bonds. The quantitative estimate of drug-likeness (QED) is 0.839. The highest BCUT2D eigenvalue weighted by molar-refractivity contribution is 5.73. The molecule has 2 N–H and O–H groups in total. The number of phenols is 1. The smallest absolute Gasteiger partial charge is 0.320 e. The number of phenolic OH excluding ortho intramolecular Hbond substituents is 1. The van der Waals surface area contributed by atoms with Crippen molar-refractivity contribution in [1.29, 1.82) is 0 Å². The molecule has 1 unspecified atom stereocenters. The van der Waals surface area contributed by atoms with Crippen LogP contribution < -0.4 is 0 Å². The fourth-order valence-corrected chi connectivity index (χ4v) is 2.35. The molecule has 92 valence electrons. The van der Waals surface area contributed by atoms with Crippen molar-refractivity contribution in [2.75, 3.05) is 6.54 Å². The molecule has 1 aliphatic heterocycles. The second-order valence-electron chi connectivity index (χ2n) is 4.49. The lowest BCUT2D eigenvalue weighted by atomic mass is 10.0. The van der Waals surface area contributed by atoms with Crippen molar-refractivity contribution in [3.05, 3.63) is 29.8 Å². The molecule has 0 aromatic heterocycles. The van der Waals surface area contributed by atoms with Crippen LogP contribution in [0.25, 0.3) is 0 Å². The first-order valence-corrected chi connectivity index (χ1v) is 5.91. The van der Waals surface area contributed by atoms with E-state index in [1.165, 1.54) is 0 Å². The Morgan fingerprint density at radius 1 is 1.41 bits per heavy atom. The van der Waals surface area contributed by atoms with Gasteiger partial charge in [0.05, 0.1) is 0 Å². The summed E-state index contributed by atoms with van der Waals surface area (Å²) in [5.41, 5.74) is 0.957. The van der Waals surface area contributed by atoms with Gasteiger partial charge in [-0.25, -0.2) is 0 Å². The second-order valence-corrected chi connectivity index (χ2v) is 4.49. The van der Waals surface area contributed by atoms with Crippen LogP contribution in [0.5, 0.6) is 5.75 Å². The Balaban J connectivity index is 2.08. The molecular weight excluding hydrogens is 218 g/mol. The molecule has 1 heterocycles. The van der Waals surface area contributed by atoms with E-state index in [1.54, 1.807) is 18.2 Å². The Hall–Kier alpha value is -1.55. The summed E-state index contributed by atoms with van der Waals surface area (Å²) in [5, 5.41) is 18.5. The number of aliphatic carboxylic acids is 1. The van der Waals surface area contributed by atoms with Crippen LogP contribution in [-0.2, 0) is 11.3 Å². The van der Waals surface area contributed by atoms with Gasteiger partial charge in [0.1, 0.15) is 11.8 Å².